The summed E-state index contributed by atoms with van der Waals surface area (Å²) in [5.74, 6) is 0.525. The fraction of sp³-hybridized carbons (Fsp3) is 0.583. The van der Waals surface area contributed by atoms with Gasteiger partial charge in [0.25, 0.3) is 0 Å². The highest BCUT2D eigenvalue weighted by Gasteiger charge is 2.27. The van der Waals surface area contributed by atoms with Gasteiger partial charge in [0.05, 0.1) is 0 Å². The Morgan fingerprint density at radius 2 is 2.29 bits per heavy atom. The van der Waals surface area contributed by atoms with E-state index in [4.69, 9.17) is 10.00 Å². The number of rotatable bonds is 3. The molecule has 0 amide bonds. The third-order valence-corrected chi connectivity index (χ3v) is 3.14. The highest BCUT2D eigenvalue weighted by molar-refractivity contribution is 5.30. The number of anilines is 1. The fourth-order valence-electron chi connectivity index (χ4n) is 1.84. The van der Waals surface area contributed by atoms with Gasteiger partial charge in [-0.25, -0.2) is 9.97 Å². The van der Waals surface area contributed by atoms with Crippen LogP contribution in [-0.2, 0) is 4.74 Å². The minimum absolute atomic E-state index is 0.226. The molecule has 0 bridgehead atoms. The van der Waals surface area contributed by atoms with Crippen LogP contribution in [0.2, 0.25) is 0 Å². The standard InChI is InChI=1S/C12H16N4O/c1-12(3-6-17-7-4-12)9-15-11-14-5-2-10(8-13)16-11/h2,5H,3-4,6-7,9H2,1H3,(H,14,15,16). The van der Waals surface area contributed by atoms with Crippen molar-refractivity contribution < 1.29 is 4.74 Å². The van der Waals surface area contributed by atoms with Gasteiger partial charge in [-0.05, 0) is 24.3 Å². The summed E-state index contributed by atoms with van der Waals surface area (Å²) in [7, 11) is 0. The molecule has 17 heavy (non-hydrogen) atoms. The number of nitrogens with one attached hydrogen (secondary N) is 1. The maximum absolute atomic E-state index is 8.75. The highest BCUT2D eigenvalue weighted by atomic mass is 16.5. The quantitative estimate of drug-likeness (QED) is 0.856. The lowest BCUT2D eigenvalue weighted by Crippen LogP contribution is -2.33. The van der Waals surface area contributed by atoms with Crippen molar-refractivity contribution in [1.82, 2.24) is 9.97 Å². The molecule has 1 aromatic heterocycles. The Morgan fingerprint density at radius 1 is 1.53 bits per heavy atom. The Balaban J connectivity index is 1.95. The number of hydrogen-bond donors (Lipinski definition) is 1. The van der Waals surface area contributed by atoms with Crippen LogP contribution in [0.1, 0.15) is 25.5 Å². The molecule has 0 aliphatic carbocycles. The highest BCUT2D eigenvalue weighted by Crippen LogP contribution is 2.29. The van der Waals surface area contributed by atoms with Gasteiger partial charge in [0.2, 0.25) is 5.95 Å². The summed E-state index contributed by atoms with van der Waals surface area (Å²) in [6, 6.07) is 3.60. The Kier molecular flexibility index (Phi) is 3.55. The zero-order chi connectivity index (χ0) is 12.1. The van der Waals surface area contributed by atoms with E-state index >= 15 is 0 Å². The van der Waals surface area contributed by atoms with Crippen LogP contribution in [0, 0.1) is 16.7 Å². The Labute approximate surface area is 101 Å². The predicted molar refractivity (Wildman–Crippen MR) is 63.4 cm³/mol. The number of ether oxygens (including phenoxy) is 1. The van der Waals surface area contributed by atoms with Crippen LogP contribution in [0.15, 0.2) is 12.3 Å². The minimum atomic E-state index is 0.226. The van der Waals surface area contributed by atoms with Crippen molar-refractivity contribution in [3.05, 3.63) is 18.0 Å². The molecule has 0 unspecified atom stereocenters. The zero-order valence-corrected chi connectivity index (χ0v) is 9.94. The van der Waals surface area contributed by atoms with Gasteiger partial charge in [-0.1, -0.05) is 6.92 Å². The molecule has 1 fully saturated rings. The van der Waals surface area contributed by atoms with Crippen LogP contribution in [0.25, 0.3) is 0 Å². The average Bonchev–Trinajstić information content (AvgIpc) is 2.38. The molecule has 0 aromatic carbocycles. The van der Waals surface area contributed by atoms with E-state index in [1.165, 1.54) is 0 Å². The third kappa shape index (κ3) is 3.14. The molecule has 90 valence electrons. The molecule has 1 saturated heterocycles. The number of nitrogens with zero attached hydrogens (tertiary/aromatic N) is 3. The van der Waals surface area contributed by atoms with Crippen LogP contribution >= 0.6 is 0 Å². The predicted octanol–water partition coefficient (Wildman–Crippen LogP) is 1.58. The Bertz CT molecular complexity index is 421. The molecule has 2 heterocycles. The molecule has 1 aliphatic rings. The lowest BCUT2D eigenvalue weighted by Gasteiger charge is -2.33. The van der Waals surface area contributed by atoms with E-state index < -0.39 is 0 Å². The van der Waals surface area contributed by atoms with Crippen molar-refractivity contribution in [2.75, 3.05) is 25.1 Å². The van der Waals surface area contributed by atoms with Crippen LogP contribution in [-0.4, -0.2) is 29.7 Å². The molecular formula is C12H16N4O. The van der Waals surface area contributed by atoms with Gasteiger partial charge in [-0.15, -0.1) is 0 Å². The van der Waals surface area contributed by atoms with Gasteiger partial charge in [0, 0.05) is 26.0 Å². The van der Waals surface area contributed by atoms with Gasteiger partial charge in [-0.3, -0.25) is 0 Å². The second-order valence-electron chi connectivity index (χ2n) is 4.65. The van der Waals surface area contributed by atoms with E-state index in [-0.39, 0.29) is 5.41 Å². The smallest absolute Gasteiger partial charge is 0.223 e. The Hall–Kier alpha value is -1.67. The summed E-state index contributed by atoms with van der Waals surface area (Å²) < 4.78 is 5.35. The Morgan fingerprint density at radius 3 is 3.00 bits per heavy atom. The van der Waals surface area contributed by atoms with Crippen molar-refractivity contribution in [2.45, 2.75) is 19.8 Å². The van der Waals surface area contributed by atoms with E-state index in [2.05, 4.69) is 22.2 Å². The lowest BCUT2D eigenvalue weighted by atomic mass is 9.82. The largest absolute Gasteiger partial charge is 0.381 e. The second-order valence-corrected chi connectivity index (χ2v) is 4.65. The van der Waals surface area contributed by atoms with Gasteiger partial charge < -0.3 is 10.1 Å². The van der Waals surface area contributed by atoms with E-state index in [9.17, 15) is 0 Å². The van der Waals surface area contributed by atoms with Crippen molar-refractivity contribution in [3.63, 3.8) is 0 Å². The van der Waals surface area contributed by atoms with Crippen molar-refractivity contribution in [2.24, 2.45) is 5.41 Å². The van der Waals surface area contributed by atoms with E-state index in [1.807, 2.05) is 6.07 Å². The summed E-state index contributed by atoms with van der Waals surface area (Å²) >= 11 is 0. The van der Waals surface area contributed by atoms with Crippen molar-refractivity contribution >= 4 is 5.95 Å². The van der Waals surface area contributed by atoms with E-state index in [1.54, 1.807) is 12.3 Å². The summed E-state index contributed by atoms with van der Waals surface area (Å²) in [6.07, 6.45) is 3.68. The van der Waals surface area contributed by atoms with Crippen LogP contribution in [0.5, 0.6) is 0 Å². The first-order valence-electron chi connectivity index (χ1n) is 5.77. The lowest BCUT2D eigenvalue weighted by molar-refractivity contribution is 0.0299. The molecule has 5 nitrogen and oxygen atoms in total. The summed E-state index contributed by atoms with van der Waals surface area (Å²) in [4.78, 5) is 8.19. The number of nitriles is 1. The van der Waals surface area contributed by atoms with E-state index in [0.29, 0.717) is 11.6 Å². The SMILES string of the molecule is CC1(CNc2nccc(C#N)n2)CCOCC1. The van der Waals surface area contributed by atoms with E-state index in [0.717, 1.165) is 32.6 Å². The molecular weight excluding hydrogens is 216 g/mol. The third-order valence-electron chi connectivity index (χ3n) is 3.14. The molecule has 1 N–H and O–H groups in total. The van der Waals surface area contributed by atoms with Crippen molar-refractivity contribution in [1.29, 1.82) is 5.26 Å². The maximum atomic E-state index is 8.75. The van der Waals surface area contributed by atoms with Crippen LogP contribution in [0.4, 0.5) is 5.95 Å². The number of aromatic nitrogens is 2. The molecule has 5 heteroatoms. The molecule has 0 radical (unpaired) electrons. The number of hydrogen-bond acceptors (Lipinski definition) is 5. The van der Waals surface area contributed by atoms with Gasteiger partial charge in [0.1, 0.15) is 11.8 Å². The molecule has 0 spiro atoms. The second kappa shape index (κ2) is 5.11. The van der Waals surface area contributed by atoms with Crippen LogP contribution < -0.4 is 5.32 Å². The maximum Gasteiger partial charge on any atom is 0.223 e. The summed E-state index contributed by atoms with van der Waals surface area (Å²) in [5.41, 5.74) is 0.615. The topological polar surface area (TPSA) is 70.8 Å². The summed E-state index contributed by atoms with van der Waals surface area (Å²) in [5, 5.41) is 11.9. The molecule has 1 aliphatic heterocycles. The van der Waals surface area contributed by atoms with Crippen LogP contribution in [0.3, 0.4) is 0 Å². The van der Waals surface area contributed by atoms with Gasteiger partial charge >= 0.3 is 0 Å². The first-order valence-corrected chi connectivity index (χ1v) is 5.77. The monoisotopic (exact) mass is 232 g/mol. The average molecular weight is 232 g/mol. The minimum Gasteiger partial charge on any atom is -0.381 e. The van der Waals surface area contributed by atoms with Crippen molar-refractivity contribution in [3.8, 4) is 6.07 Å². The van der Waals surface area contributed by atoms with Gasteiger partial charge in [0.15, 0.2) is 0 Å². The van der Waals surface area contributed by atoms with Gasteiger partial charge in [-0.2, -0.15) is 5.26 Å². The molecule has 0 saturated carbocycles. The zero-order valence-electron chi connectivity index (χ0n) is 9.94. The normalized spacial score (nSPS) is 18.4. The first-order chi connectivity index (χ1) is 8.22. The summed E-state index contributed by atoms with van der Waals surface area (Å²) in [6.45, 7) is 4.68. The molecule has 0 atom stereocenters. The first kappa shape index (κ1) is 11.8. The molecule has 2 rings (SSSR count). The fourth-order valence-corrected chi connectivity index (χ4v) is 1.84. The molecule has 1 aromatic rings.